The quantitative estimate of drug-likeness (QED) is 0.773. The Morgan fingerprint density at radius 2 is 1.62 bits per heavy atom. The van der Waals surface area contributed by atoms with Gasteiger partial charge in [0, 0.05) is 24.6 Å². The van der Waals surface area contributed by atoms with Gasteiger partial charge in [-0.3, -0.25) is 9.59 Å². The van der Waals surface area contributed by atoms with Crippen LogP contribution in [0.3, 0.4) is 0 Å². The van der Waals surface area contributed by atoms with Crippen LogP contribution in [-0.2, 0) is 0 Å². The first-order valence-electron chi connectivity index (χ1n) is 8.75. The molecule has 0 bridgehead atoms. The fraction of sp³-hybridized carbons (Fsp3) is 0.333. The van der Waals surface area contributed by atoms with Crippen molar-refractivity contribution < 1.29 is 19.1 Å². The number of amides is 1. The van der Waals surface area contributed by atoms with E-state index in [9.17, 15) is 9.59 Å². The molecule has 136 valence electrons. The van der Waals surface area contributed by atoms with Crippen molar-refractivity contribution in [2.24, 2.45) is 5.92 Å². The van der Waals surface area contributed by atoms with Crippen molar-refractivity contribution in [1.29, 1.82) is 0 Å². The summed E-state index contributed by atoms with van der Waals surface area (Å²) in [6.45, 7) is 1.03. The molecular formula is C21H23NO4. The van der Waals surface area contributed by atoms with Crippen LogP contribution in [0, 0.1) is 5.92 Å². The number of nitrogens with zero attached hydrogens (tertiary/aromatic N) is 1. The number of hydrogen-bond acceptors (Lipinski definition) is 4. The fourth-order valence-electron chi connectivity index (χ4n) is 3.43. The van der Waals surface area contributed by atoms with E-state index in [0.29, 0.717) is 35.7 Å². The molecule has 1 amide bonds. The molecule has 1 atom stereocenters. The number of likely N-dealkylation sites (tertiary alicyclic amines) is 1. The van der Waals surface area contributed by atoms with Crippen LogP contribution in [0.15, 0.2) is 48.5 Å². The van der Waals surface area contributed by atoms with E-state index in [-0.39, 0.29) is 17.6 Å². The molecule has 5 nitrogen and oxygen atoms in total. The van der Waals surface area contributed by atoms with E-state index in [0.717, 1.165) is 12.8 Å². The average molecular weight is 353 g/mol. The van der Waals surface area contributed by atoms with Gasteiger partial charge < -0.3 is 14.4 Å². The van der Waals surface area contributed by atoms with Crippen molar-refractivity contribution >= 4 is 11.7 Å². The van der Waals surface area contributed by atoms with Crippen molar-refractivity contribution in [3.8, 4) is 11.5 Å². The lowest BCUT2D eigenvalue weighted by molar-refractivity contribution is 0.0631. The van der Waals surface area contributed by atoms with E-state index in [2.05, 4.69) is 0 Å². The molecule has 1 fully saturated rings. The van der Waals surface area contributed by atoms with Gasteiger partial charge in [-0.1, -0.05) is 36.4 Å². The molecule has 0 radical (unpaired) electrons. The average Bonchev–Trinajstić information content (AvgIpc) is 2.72. The number of rotatable bonds is 5. The van der Waals surface area contributed by atoms with Gasteiger partial charge in [0.2, 0.25) is 0 Å². The molecule has 0 spiro atoms. The van der Waals surface area contributed by atoms with Gasteiger partial charge in [0.1, 0.15) is 17.1 Å². The third-order valence-corrected chi connectivity index (χ3v) is 4.78. The summed E-state index contributed by atoms with van der Waals surface area (Å²) in [7, 11) is 3.06. The molecule has 2 aromatic rings. The molecular weight excluding hydrogens is 330 g/mol. The molecule has 0 N–H and O–H groups in total. The maximum Gasteiger partial charge on any atom is 0.261 e. The fourth-order valence-corrected chi connectivity index (χ4v) is 3.43. The van der Waals surface area contributed by atoms with Crippen LogP contribution in [0.2, 0.25) is 0 Å². The summed E-state index contributed by atoms with van der Waals surface area (Å²) in [4.78, 5) is 27.6. The molecule has 1 saturated heterocycles. The Bertz CT molecular complexity index is 766. The Morgan fingerprint density at radius 1 is 0.962 bits per heavy atom. The summed E-state index contributed by atoms with van der Waals surface area (Å²) in [5, 5.41) is 0. The Kier molecular flexibility index (Phi) is 5.56. The number of hydrogen-bond donors (Lipinski definition) is 0. The molecule has 1 aliphatic heterocycles. The zero-order valence-electron chi connectivity index (χ0n) is 15.1. The Labute approximate surface area is 153 Å². The summed E-state index contributed by atoms with van der Waals surface area (Å²) in [6, 6.07) is 14.5. The van der Waals surface area contributed by atoms with E-state index in [1.165, 1.54) is 14.2 Å². The van der Waals surface area contributed by atoms with E-state index in [4.69, 9.17) is 9.47 Å². The maximum atomic E-state index is 13.1. The van der Waals surface area contributed by atoms with Crippen molar-refractivity contribution in [1.82, 2.24) is 4.90 Å². The minimum absolute atomic E-state index is 0.0927. The second-order valence-electron chi connectivity index (χ2n) is 6.36. The number of carbonyl (C=O) groups excluding carboxylic acids is 2. The molecule has 3 rings (SSSR count). The van der Waals surface area contributed by atoms with E-state index < -0.39 is 0 Å². The zero-order chi connectivity index (χ0) is 18.5. The third kappa shape index (κ3) is 3.57. The Balaban J connectivity index is 1.82. The number of carbonyl (C=O) groups is 2. The van der Waals surface area contributed by atoms with Crippen molar-refractivity contribution in [2.75, 3.05) is 27.3 Å². The van der Waals surface area contributed by atoms with Gasteiger partial charge in [0.25, 0.3) is 5.91 Å². The van der Waals surface area contributed by atoms with Crippen LogP contribution in [0.4, 0.5) is 0 Å². The molecule has 26 heavy (non-hydrogen) atoms. The van der Waals surface area contributed by atoms with Gasteiger partial charge in [0.05, 0.1) is 14.2 Å². The summed E-state index contributed by atoms with van der Waals surface area (Å²) < 4.78 is 10.7. The topological polar surface area (TPSA) is 55.8 Å². The highest BCUT2D eigenvalue weighted by Crippen LogP contribution is 2.31. The lowest BCUT2D eigenvalue weighted by Gasteiger charge is -2.32. The number of methoxy groups -OCH3 is 2. The monoisotopic (exact) mass is 353 g/mol. The number of ether oxygens (including phenoxy) is 2. The molecule has 2 aromatic carbocycles. The minimum Gasteiger partial charge on any atom is -0.496 e. The predicted molar refractivity (Wildman–Crippen MR) is 98.9 cm³/mol. The van der Waals surface area contributed by atoms with Crippen molar-refractivity contribution in [2.45, 2.75) is 12.8 Å². The van der Waals surface area contributed by atoms with E-state index >= 15 is 0 Å². The van der Waals surface area contributed by atoms with Crippen LogP contribution in [0.25, 0.3) is 0 Å². The zero-order valence-corrected chi connectivity index (χ0v) is 15.1. The lowest BCUT2D eigenvalue weighted by atomic mass is 9.89. The Hall–Kier alpha value is -2.82. The van der Waals surface area contributed by atoms with Gasteiger partial charge >= 0.3 is 0 Å². The number of ketones is 1. The van der Waals surface area contributed by atoms with Crippen LogP contribution in [0.5, 0.6) is 11.5 Å². The number of Topliss-reactive ketones (excluding diaryl/α,β-unsaturated/α-hetero) is 1. The van der Waals surface area contributed by atoms with Gasteiger partial charge in [-0.15, -0.1) is 0 Å². The highest BCUT2D eigenvalue weighted by atomic mass is 16.5. The minimum atomic E-state index is -0.184. The normalized spacial score (nSPS) is 16.8. The molecule has 0 saturated carbocycles. The van der Waals surface area contributed by atoms with Crippen molar-refractivity contribution in [3.63, 3.8) is 0 Å². The molecule has 1 aliphatic rings. The molecule has 5 heteroatoms. The first-order valence-corrected chi connectivity index (χ1v) is 8.75. The van der Waals surface area contributed by atoms with E-state index in [1.54, 1.807) is 23.1 Å². The molecule has 0 aliphatic carbocycles. The first-order chi connectivity index (χ1) is 12.7. The summed E-state index contributed by atoms with van der Waals surface area (Å²) in [5.41, 5.74) is 1.10. The van der Waals surface area contributed by atoms with Gasteiger partial charge in [0.15, 0.2) is 5.78 Å². The van der Waals surface area contributed by atoms with Gasteiger partial charge in [-0.2, -0.15) is 0 Å². The van der Waals surface area contributed by atoms with E-state index in [1.807, 2.05) is 30.3 Å². The second-order valence-corrected chi connectivity index (χ2v) is 6.36. The van der Waals surface area contributed by atoms with Crippen LogP contribution < -0.4 is 9.47 Å². The molecule has 0 aromatic heterocycles. The second kappa shape index (κ2) is 8.04. The predicted octanol–water partition coefficient (Wildman–Crippen LogP) is 3.44. The SMILES string of the molecule is COc1cccc(OC)c1C(=O)N1CCCC(C(=O)c2ccccc2)C1. The third-order valence-electron chi connectivity index (χ3n) is 4.78. The molecule has 1 heterocycles. The largest absolute Gasteiger partial charge is 0.496 e. The molecule has 1 unspecified atom stereocenters. The highest BCUT2D eigenvalue weighted by Gasteiger charge is 2.31. The first kappa shape index (κ1) is 18.0. The summed E-state index contributed by atoms with van der Waals surface area (Å²) in [5.74, 6) is 0.701. The van der Waals surface area contributed by atoms with Crippen LogP contribution in [-0.4, -0.2) is 43.9 Å². The van der Waals surface area contributed by atoms with Gasteiger partial charge in [-0.05, 0) is 25.0 Å². The Morgan fingerprint density at radius 3 is 2.23 bits per heavy atom. The number of benzene rings is 2. The highest BCUT2D eigenvalue weighted by molar-refractivity contribution is 6.01. The van der Waals surface area contributed by atoms with Gasteiger partial charge in [-0.25, -0.2) is 0 Å². The summed E-state index contributed by atoms with van der Waals surface area (Å²) >= 11 is 0. The smallest absolute Gasteiger partial charge is 0.261 e. The van der Waals surface area contributed by atoms with Crippen molar-refractivity contribution in [3.05, 3.63) is 59.7 Å². The maximum absolute atomic E-state index is 13.1. The summed E-state index contributed by atoms with van der Waals surface area (Å²) in [6.07, 6.45) is 1.59. The standard InChI is InChI=1S/C21H23NO4/c1-25-17-11-6-12-18(26-2)19(17)21(24)22-13-7-10-16(14-22)20(23)15-8-4-3-5-9-15/h3-6,8-9,11-12,16H,7,10,13-14H2,1-2H3. The van der Waals surface area contributed by atoms with Crippen LogP contribution >= 0.6 is 0 Å². The van der Waals surface area contributed by atoms with Crippen LogP contribution in [0.1, 0.15) is 33.6 Å². The lowest BCUT2D eigenvalue weighted by Crippen LogP contribution is -2.42. The number of piperidine rings is 1.